The van der Waals surface area contributed by atoms with E-state index in [2.05, 4.69) is 15.9 Å². The number of rotatable bonds is 7. The Bertz CT molecular complexity index is 1280. The molecule has 1 heterocycles. The Hall–Kier alpha value is -2.03. The highest BCUT2D eigenvalue weighted by Gasteiger charge is 2.33. The van der Waals surface area contributed by atoms with Crippen molar-refractivity contribution in [1.82, 2.24) is 0 Å². The average molecular weight is 595 g/mol. The highest BCUT2D eigenvalue weighted by Crippen LogP contribution is 2.38. The first-order valence-corrected chi connectivity index (χ1v) is 13.0. The molecule has 0 atom stereocenters. The van der Waals surface area contributed by atoms with Crippen LogP contribution < -0.4 is 14.4 Å². The van der Waals surface area contributed by atoms with Crippen molar-refractivity contribution in [2.24, 2.45) is 0 Å². The molecular formula is C25H18BrCl2NO3S2. The third kappa shape index (κ3) is 5.78. The molecule has 1 fully saturated rings. The molecular weight excluding hydrogens is 577 g/mol. The first-order valence-electron chi connectivity index (χ1n) is 10.2. The van der Waals surface area contributed by atoms with Gasteiger partial charge in [-0.15, -0.1) is 0 Å². The van der Waals surface area contributed by atoms with Gasteiger partial charge in [-0.3, -0.25) is 9.69 Å². The Kier molecular flexibility index (Phi) is 8.22. The smallest absolute Gasteiger partial charge is 0.270 e. The summed E-state index contributed by atoms with van der Waals surface area (Å²) in [5.41, 5.74) is 2.43. The van der Waals surface area contributed by atoms with Crippen LogP contribution in [0.25, 0.3) is 6.08 Å². The van der Waals surface area contributed by atoms with Crippen molar-refractivity contribution >= 4 is 85.1 Å². The number of ether oxygens (including phenoxy) is 2. The highest BCUT2D eigenvalue weighted by atomic mass is 79.9. The summed E-state index contributed by atoms with van der Waals surface area (Å²) < 4.78 is 13.2. The number of hydrogen-bond acceptors (Lipinski definition) is 5. The topological polar surface area (TPSA) is 38.8 Å². The summed E-state index contributed by atoms with van der Waals surface area (Å²) in [5, 5.41) is 0.971. The third-order valence-corrected chi connectivity index (χ3v) is 7.39. The molecule has 3 aromatic carbocycles. The fourth-order valence-corrected chi connectivity index (χ4v) is 5.11. The van der Waals surface area contributed by atoms with Crippen LogP contribution in [-0.2, 0) is 11.4 Å². The summed E-state index contributed by atoms with van der Waals surface area (Å²) in [6.45, 7) is 2.68. The molecule has 0 aliphatic carbocycles. The van der Waals surface area contributed by atoms with Gasteiger partial charge in [-0.05, 0) is 72.7 Å². The van der Waals surface area contributed by atoms with Crippen LogP contribution in [0, 0.1) is 0 Å². The van der Waals surface area contributed by atoms with E-state index < -0.39 is 0 Å². The second kappa shape index (κ2) is 11.1. The van der Waals surface area contributed by atoms with Crippen molar-refractivity contribution in [2.75, 3.05) is 11.5 Å². The fourth-order valence-electron chi connectivity index (χ4n) is 3.22. The summed E-state index contributed by atoms with van der Waals surface area (Å²) in [7, 11) is 0. The quantitative estimate of drug-likeness (QED) is 0.204. The SMILES string of the molecule is CCOc1cc(/C=C2/SC(=S)N(c3ccc(Br)cc3)C2=O)ccc1OCc1ccc(Cl)c(Cl)c1. The van der Waals surface area contributed by atoms with Gasteiger partial charge in [0.2, 0.25) is 0 Å². The standard InChI is InChI=1S/C25H18BrCl2NO3S2/c1-2-31-22-12-15(4-10-21(22)32-14-16-3-9-19(27)20(28)11-16)13-23-24(30)29(25(33)34-23)18-7-5-17(26)6-8-18/h3-13H,2,14H2,1H3/b23-13+. The summed E-state index contributed by atoms with van der Waals surface area (Å²) >= 11 is 22.2. The summed E-state index contributed by atoms with van der Waals surface area (Å²) in [6, 6.07) is 18.4. The Morgan fingerprint density at radius 3 is 2.47 bits per heavy atom. The van der Waals surface area contributed by atoms with E-state index >= 15 is 0 Å². The molecule has 0 unspecified atom stereocenters. The van der Waals surface area contributed by atoms with Crippen molar-refractivity contribution in [2.45, 2.75) is 13.5 Å². The second-order valence-electron chi connectivity index (χ2n) is 7.17. The van der Waals surface area contributed by atoms with E-state index in [1.54, 1.807) is 12.1 Å². The Morgan fingerprint density at radius 2 is 1.76 bits per heavy atom. The highest BCUT2D eigenvalue weighted by molar-refractivity contribution is 9.10. The summed E-state index contributed by atoms with van der Waals surface area (Å²) in [6.07, 6.45) is 1.81. The molecule has 3 aromatic rings. The van der Waals surface area contributed by atoms with Gasteiger partial charge in [0.25, 0.3) is 5.91 Å². The first-order chi connectivity index (χ1) is 16.4. The lowest BCUT2D eigenvalue weighted by Crippen LogP contribution is -2.27. The van der Waals surface area contributed by atoms with Crippen LogP contribution in [0.4, 0.5) is 5.69 Å². The van der Waals surface area contributed by atoms with E-state index in [9.17, 15) is 4.79 Å². The molecule has 174 valence electrons. The van der Waals surface area contributed by atoms with Crippen molar-refractivity contribution < 1.29 is 14.3 Å². The summed E-state index contributed by atoms with van der Waals surface area (Å²) in [4.78, 5) is 15.1. The summed E-state index contributed by atoms with van der Waals surface area (Å²) in [5.74, 6) is 1.02. The van der Waals surface area contributed by atoms with Gasteiger partial charge in [0.05, 0.1) is 27.2 Å². The second-order valence-corrected chi connectivity index (χ2v) is 10.6. The molecule has 0 saturated carbocycles. The molecule has 9 heteroatoms. The van der Waals surface area contributed by atoms with E-state index in [1.165, 1.54) is 16.7 Å². The normalized spacial score (nSPS) is 14.7. The van der Waals surface area contributed by atoms with E-state index in [0.717, 1.165) is 21.3 Å². The van der Waals surface area contributed by atoms with E-state index in [-0.39, 0.29) is 5.91 Å². The van der Waals surface area contributed by atoms with Crippen molar-refractivity contribution in [3.8, 4) is 11.5 Å². The van der Waals surface area contributed by atoms with Crippen molar-refractivity contribution in [3.05, 3.63) is 91.2 Å². The van der Waals surface area contributed by atoms with E-state index in [0.29, 0.717) is 44.0 Å². The number of carbonyl (C=O) groups is 1. The number of halogens is 3. The van der Waals surface area contributed by atoms with Crippen LogP contribution in [0.3, 0.4) is 0 Å². The maximum atomic E-state index is 13.1. The van der Waals surface area contributed by atoms with Crippen LogP contribution in [0.1, 0.15) is 18.1 Å². The lowest BCUT2D eigenvalue weighted by atomic mass is 10.1. The molecule has 4 nitrogen and oxygen atoms in total. The van der Waals surface area contributed by atoms with Gasteiger partial charge in [-0.25, -0.2) is 0 Å². The zero-order valence-electron chi connectivity index (χ0n) is 17.9. The van der Waals surface area contributed by atoms with Crippen molar-refractivity contribution in [1.29, 1.82) is 0 Å². The number of anilines is 1. The minimum absolute atomic E-state index is 0.157. The minimum Gasteiger partial charge on any atom is -0.490 e. The predicted octanol–water partition coefficient (Wildman–Crippen LogP) is 8.14. The lowest BCUT2D eigenvalue weighted by Gasteiger charge is -2.14. The van der Waals surface area contributed by atoms with Crippen LogP contribution in [0.15, 0.2) is 70.0 Å². The number of nitrogens with zero attached hydrogens (tertiary/aromatic N) is 1. The number of benzene rings is 3. The molecule has 4 rings (SSSR count). The molecule has 1 aliphatic heterocycles. The molecule has 1 aliphatic rings. The van der Waals surface area contributed by atoms with Gasteiger partial charge in [0, 0.05) is 4.47 Å². The fraction of sp³-hybridized carbons (Fsp3) is 0.120. The molecule has 0 radical (unpaired) electrons. The number of thiocarbonyl (C=S) groups is 1. The number of carbonyl (C=O) groups excluding carboxylic acids is 1. The van der Waals surface area contributed by atoms with Gasteiger partial charge >= 0.3 is 0 Å². The van der Waals surface area contributed by atoms with Crippen LogP contribution >= 0.6 is 63.1 Å². The van der Waals surface area contributed by atoms with Gasteiger partial charge < -0.3 is 9.47 Å². The zero-order valence-corrected chi connectivity index (χ0v) is 22.6. The maximum Gasteiger partial charge on any atom is 0.270 e. The molecule has 1 saturated heterocycles. The average Bonchev–Trinajstić information content (AvgIpc) is 3.09. The first kappa shape index (κ1) is 25.1. The molecule has 1 amide bonds. The maximum absolute atomic E-state index is 13.1. The van der Waals surface area contributed by atoms with Gasteiger partial charge in [-0.2, -0.15) is 0 Å². The molecule has 0 aromatic heterocycles. The molecule has 34 heavy (non-hydrogen) atoms. The monoisotopic (exact) mass is 593 g/mol. The number of amides is 1. The third-order valence-electron chi connectivity index (χ3n) is 4.82. The Balaban J connectivity index is 1.54. The number of hydrogen-bond donors (Lipinski definition) is 0. The van der Waals surface area contributed by atoms with Gasteiger partial charge in [0.1, 0.15) is 6.61 Å². The molecule has 0 N–H and O–H groups in total. The lowest BCUT2D eigenvalue weighted by molar-refractivity contribution is -0.113. The van der Waals surface area contributed by atoms with Gasteiger partial charge in [-0.1, -0.05) is 75.2 Å². The van der Waals surface area contributed by atoms with E-state index in [1.807, 2.05) is 61.5 Å². The van der Waals surface area contributed by atoms with Crippen LogP contribution in [0.5, 0.6) is 11.5 Å². The largest absolute Gasteiger partial charge is 0.490 e. The van der Waals surface area contributed by atoms with Crippen LogP contribution in [-0.4, -0.2) is 16.8 Å². The van der Waals surface area contributed by atoms with Gasteiger partial charge in [0.15, 0.2) is 15.8 Å². The molecule has 0 bridgehead atoms. The minimum atomic E-state index is -0.157. The van der Waals surface area contributed by atoms with Crippen molar-refractivity contribution in [3.63, 3.8) is 0 Å². The predicted molar refractivity (Wildman–Crippen MR) is 148 cm³/mol. The van der Waals surface area contributed by atoms with E-state index in [4.69, 9.17) is 44.9 Å². The molecule has 0 spiro atoms. The Labute approximate surface area is 226 Å². The zero-order chi connectivity index (χ0) is 24.2. The Morgan fingerprint density at radius 1 is 1.00 bits per heavy atom. The van der Waals surface area contributed by atoms with Crippen LogP contribution in [0.2, 0.25) is 10.0 Å². The number of thioether (sulfide) groups is 1.